The van der Waals surface area contributed by atoms with Crippen LogP contribution in [0.15, 0.2) is 36.4 Å². The molecule has 0 saturated carbocycles. The Balaban J connectivity index is 2.13. The van der Waals surface area contributed by atoms with Gasteiger partial charge in [-0.1, -0.05) is 23.7 Å². The van der Waals surface area contributed by atoms with E-state index in [1.165, 1.54) is 6.07 Å². The first-order valence-electron chi connectivity index (χ1n) is 6.66. The fraction of sp³-hybridized carbons (Fsp3) is 0.250. The van der Waals surface area contributed by atoms with Crippen LogP contribution in [0.25, 0.3) is 0 Å². The minimum Gasteiger partial charge on any atom is -0.490 e. The lowest BCUT2D eigenvalue weighted by atomic mass is 10.2. The van der Waals surface area contributed by atoms with Crippen molar-refractivity contribution in [3.05, 3.63) is 58.4 Å². The summed E-state index contributed by atoms with van der Waals surface area (Å²) in [5, 5.41) is 0.0830. The van der Waals surface area contributed by atoms with Crippen LogP contribution in [-0.4, -0.2) is 6.61 Å². The van der Waals surface area contributed by atoms with Gasteiger partial charge in [-0.05, 0) is 42.3 Å². The molecule has 2 rings (SSSR count). The van der Waals surface area contributed by atoms with E-state index in [0.29, 0.717) is 24.7 Å². The highest BCUT2D eigenvalue weighted by Gasteiger charge is 2.07. The van der Waals surface area contributed by atoms with E-state index in [1.807, 2.05) is 25.1 Å². The number of halogens is 2. The Morgan fingerprint density at radius 1 is 1.05 bits per heavy atom. The number of nitrogens with two attached hydrogens (primary N) is 1. The molecule has 21 heavy (non-hydrogen) atoms. The summed E-state index contributed by atoms with van der Waals surface area (Å²) in [6.45, 7) is 3.15. The Labute approximate surface area is 128 Å². The van der Waals surface area contributed by atoms with E-state index in [2.05, 4.69) is 0 Å². The summed E-state index contributed by atoms with van der Waals surface area (Å²) in [4.78, 5) is 0. The second-order valence-corrected chi connectivity index (χ2v) is 4.86. The first-order valence-corrected chi connectivity index (χ1v) is 7.04. The molecule has 2 N–H and O–H groups in total. The van der Waals surface area contributed by atoms with Gasteiger partial charge in [0.2, 0.25) is 0 Å². The van der Waals surface area contributed by atoms with Crippen molar-refractivity contribution >= 4 is 11.6 Å². The Morgan fingerprint density at radius 3 is 2.48 bits per heavy atom. The minimum absolute atomic E-state index is 0.0830. The highest BCUT2D eigenvalue weighted by atomic mass is 35.5. The van der Waals surface area contributed by atoms with Crippen LogP contribution in [0.2, 0.25) is 5.02 Å². The normalized spacial score (nSPS) is 10.5. The zero-order chi connectivity index (χ0) is 15.2. The van der Waals surface area contributed by atoms with Gasteiger partial charge in [0, 0.05) is 6.54 Å². The van der Waals surface area contributed by atoms with Gasteiger partial charge in [0.15, 0.2) is 11.5 Å². The predicted molar refractivity (Wildman–Crippen MR) is 81.2 cm³/mol. The van der Waals surface area contributed by atoms with Gasteiger partial charge in [0.25, 0.3) is 0 Å². The van der Waals surface area contributed by atoms with Gasteiger partial charge in [-0.15, -0.1) is 0 Å². The molecule has 0 fully saturated rings. The highest BCUT2D eigenvalue weighted by molar-refractivity contribution is 6.30. The number of ether oxygens (including phenoxy) is 2. The van der Waals surface area contributed by atoms with Crippen molar-refractivity contribution in [1.82, 2.24) is 0 Å². The summed E-state index contributed by atoms with van der Waals surface area (Å²) >= 11 is 5.75. The Hall–Kier alpha value is -1.78. The van der Waals surface area contributed by atoms with Crippen molar-refractivity contribution in [3.63, 3.8) is 0 Å². The SMILES string of the molecule is CCOc1cc(CN)ccc1OCc1ccc(F)c(Cl)c1. The van der Waals surface area contributed by atoms with Gasteiger partial charge in [0.1, 0.15) is 12.4 Å². The van der Waals surface area contributed by atoms with E-state index in [1.54, 1.807) is 12.1 Å². The summed E-state index contributed by atoms with van der Waals surface area (Å²) < 4.78 is 24.4. The van der Waals surface area contributed by atoms with Crippen LogP contribution in [0, 0.1) is 5.82 Å². The van der Waals surface area contributed by atoms with Crippen molar-refractivity contribution < 1.29 is 13.9 Å². The third-order valence-corrected chi connectivity index (χ3v) is 3.21. The number of hydrogen-bond acceptors (Lipinski definition) is 3. The fourth-order valence-electron chi connectivity index (χ4n) is 1.86. The van der Waals surface area contributed by atoms with E-state index in [9.17, 15) is 4.39 Å². The summed E-state index contributed by atoms with van der Waals surface area (Å²) in [7, 11) is 0. The van der Waals surface area contributed by atoms with Crippen LogP contribution in [0.5, 0.6) is 11.5 Å². The number of benzene rings is 2. The van der Waals surface area contributed by atoms with Crippen LogP contribution >= 0.6 is 11.6 Å². The molecule has 0 heterocycles. The van der Waals surface area contributed by atoms with Crippen molar-refractivity contribution in [2.75, 3.05) is 6.61 Å². The van der Waals surface area contributed by atoms with Crippen molar-refractivity contribution in [2.45, 2.75) is 20.1 Å². The molecule has 0 aliphatic rings. The van der Waals surface area contributed by atoms with Gasteiger partial charge >= 0.3 is 0 Å². The third-order valence-electron chi connectivity index (χ3n) is 2.92. The molecule has 3 nitrogen and oxygen atoms in total. The van der Waals surface area contributed by atoms with Crippen molar-refractivity contribution in [3.8, 4) is 11.5 Å². The molecule has 2 aromatic carbocycles. The van der Waals surface area contributed by atoms with Gasteiger partial charge in [0.05, 0.1) is 11.6 Å². The topological polar surface area (TPSA) is 44.5 Å². The lowest BCUT2D eigenvalue weighted by Gasteiger charge is -2.13. The molecular formula is C16H17ClFNO2. The molecule has 2 aromatic rings. The summed E-state index contributed by atoms with van der Waals surface area (Å²) in [6, 6.07) is 10.1. The quantitative estimate of drug-likeness (QED) is 0.879. The maximum Gasteiger partial charge on any atom is 0.161 e. The second kappa shape index (κ2) is 7.29. The Kier molecular flexibility index (Phi) is 5.42. The van der Waals surface area contributed by atoms with E-state index in [-0.39, 0.29) is 11.6 Å². The van der Waals surface area contributed by atoms with Crippen molar-refractivity contribution in [1.29, 1.82) is 0 Å². The standard InChI is InChI=1S/C16H17ClFNO2/c1-2-20-16-8-11(9-19)4-6-15(16)21-10-12-3-5-14(18)13(17)7-12/h3-8H,2,9-10,19H2,1H3. The monoisotopic (exact) mass is 309 g/mol. The number of rotatable bonds is 6. The molecule has 5 heteroatoms. The van der Waals surface area contributed by atoms with Crippen LogP contribution in [0.4, 0.5) is 4.39 Å². The lowest BCUT2D eigenvalue weighted by molar-refractivity contribution is 0.269. The zero-order valence-corrected chi connectivity index (χ0v) is 12.5. The molecule has 0 unspecified atom stereocenters. The van der Waals surface area contributed by atoms with Crippen molar-refractivity contribution in [2.24, 2.45) is 5.73 Å². The van der Waals surface area contributed by atoms with E-state index in [0.717, 1.165) is 11.1 Å². The lowest BCUT2D eigenvalue weighted by Crippen LogP contribution is -2.02. The summed E-state index contributed by atoms with van der Waals surface area (Å²) in [5.41, 5.74) is 7.37. The van der Waals surface area contributed by atoms with E-state index >= 15 is 0 Å². The molecule has 0 radical (unpaired) electrons. The van der Waals surface area contributed by atoms with E-state index < -0.39 is 5.82 Å². The minimum atomic E-state index is -0.442. The Morgan fingerprint density at radius 2 is 1.81 bits per heavy atom. The molecule has 0 aliphatic heterocycles. The van der Waals surface area contributed by atoms with Gasteiger partial charge in [-0.25, -0.2) is 4.39 Å². The molecule has 0 aliphatic carbocycles. The Bertz CT molecular complexity index is 619. The van der Waals surface area contributed by atoms with Gasteiger partial charge in [-0.2, -0.15) is 0 Å². The van der Waals surface area contributed by atoms with Crippen LogP contribution < -0.4 is 15.2 Å². The first-order chi connectivity index (χ1) is 10.1. The number of hydrogen-bond donors (Lipinski definition) is 1. The average Bonchev–Trinajstić information content (AvgIpc) is 2.49. The average molecular weight is 310 g/mol. The molecule has 0 spiro atoms. The molecule has 0 bridgehead atoms. The molecule has 0 aromatic heterocycles. The molecule has 112 valence electrons. The van der Waals surface area contributed by atoms with E-state index in [4.69, 9.17) is 26.8 Å². The molecule has 0 amide bonds. The largest absolute Gasteiger partial charge is 0.490 e. The van der Waals surface area contributed by atoms with Crippen LogP contribution in [0.3, 0.4) is 0 Å². The van der Waals surface area contributed by atoms with Crippen LogP contribution in [-0.2, 0) is 13.2 Å². The smallest absolute Gasteiger partial charge is 0.161 e. The predicted octanol–water partition coefficient (Wildman–Crippen LogP) is 3.92. The zero-order valence-electron chi connectivity index (χ0n) is 11.7. The van der Waals surface area contributed by atoms with Crippen LogP contribution in [0.1, 0.15) is 18.1 Å². The summed E-state index contributed by atoms with van der Waals surface area (Å²) in [5.74, 6) is 0.825. The summed E-state index contributed by atoms with van der Waals surface area (Å²) in [6.07, 6.45) is 0. The van der Waals surface area contributed by atoms with Gasteiger partial charge in [-0.3, -0.25) is 0 Å². The maximum atomic E-state index is 13.1. The molecule has 0 saturated heterocycles. The highest BCUT2D eigenvalue weighted by Crippen LogP contribution is 2.29. The molecule has 0 atom stereocenters. The molecular weight excluding hydrogens is 293 g/mol. The maximum absolute atomic E-state index is 13.1. The van der Waals surface area contributed by atoms with Gasteiger partial charge < -0.3 is 15.2 Å². The first kappa shape index (κ1) is 15.6. The third kappa shape index (κ3) is 4.09. The second-order valence-electron chi connectivity index (χ2n) is 4.46. The fourth-order valence-corrected chi connectivity index (χ4v) is 2.06.